The van der Waals surface area contributed by atoms with Crippen LogP contribution in [0.3, 0.4) is 0 Å². The molecular formula is C13H14F2N4O. The van der Waals surface area contributed by atoms with Crippen LogP contribution in [0.1, 0.15) is 17.3 Å². The lowest BCUT2D eigenvalue weighted by atomic mass is 10.0. The Morgan fingerprint density at radius 3 is 2.65 bits per heavy atom. The number of methoxy groups -OCH3 is 1. The summed E-state index contributed by atoms with van der Waals surface area (Å²) in [4.78, 5) is 0. The minimum Gasteiger partial charge on any atom is -0.480 e. The van der Waals surface area contributed by atoms with Gasteiger partial charge in [-0.1, -0.05) is 0 Å². The van der Waals surface area contributed by atoms with Gasteiger partial charge in [0.15, 0.2) is 0 Å². The van der Waals surface area contributed by atoms with Gasteiger partial charge in [0, 0.05) is 6.07 Å². The maximum atomic E-state index is 13.6. The number of nitrogens with zero attached hydrogens (tertiary/aromatic N) is 2. The molecule has 0 amide bonds. The molecule has 0 aliphatic carbocycles. The molecule has 20 heavy (non-hydrogen) atoms. The van der Waals surface area contributed by atoms with Crippen LogP contribution in [0.25, 0.3) is 0 Å². The van der Waals surface area contributed by atoms with E-state index < -0.39 is 17.7 Å². The number of hydrogen-bond donors (Lipinski definition) is 2. The Labute approximate surface area is 114 Å². The fourth-order valence-electron chi connectivity index (χ4n) is 1.79. The lowest BCUT2D eigenvalue weighted by Crippen LogP contribution is -2.30. The van der Waals surface area contributed by atoms with Crippen LogP contribution in [0.5, 0.6) is 5.88 Å². The summed E-state index contributed by atoms with van der Waals surface area (Å²) in [6.07, 6.45) is 0.154. The Balaban J connectivity index is 2.21. The molecule has 0 bridgehead atoms. The maximum absolute atomic E-state index is 13.6. The van der Waals surface area contributed by atoms with E-state index in [2.05, 4.69) is 15.6 Å². The third-order valence-electron chi connectivity index (χ3n) is 2.86. The Hall–Kier alpha value is -2.12. The number of nitrogens with one attached hydrogen (secondary N) is 1. The normalized spacial score (nSPS) is 12.2. The van der Waals surface area contributed by atoms with Gasteiger partial charge in [-0.2, -0.15) is 5.10 Å². The third-order valence-corrected chi connectivity index (χ3v) is 2.86. The van der Waals surface area contributed by atoms with Crippen LogP contribution in [-0.4, -0.2) is 17.3 Å². The molecule has 2 rings (SSSR count). The topological polar surface area (TPSA) is 73.1 Å². The third kappa shape index (κ3) is 3.25. The SMILES string of the molecule is COc1ccc(C(Cc2cc(F)ccc2F)NN)nn1. The van der Waals surface area contributed by atoms with Gasteiger partial charge in [0.05, 0.1) is 18.8 Å². The molecule has 0 aliphatic rings. The number of rotatable bonds is 5. The summed E-state index contributed by atoms with van der Waals surface area (Å²) < 4.78 is 31.7. The van der Waals surface area contributed by atoms with Gasteiger partial charge < -0.3 is 4.74 Å². The number of halogens is 2. The largest absolute Gasteiger partial charge is 0.480 e. The van der Waals surface area contributed by atoms with Crippen molar-refractivity contribution in [3.8, 4) is 5.88 Å². The molecule has 2 aromatic rings. The molecule has 1 unspecified atom stereocenters. The van der Waals surface area contributed by atoms with Gasteiger partial charge in [-0.05, 0) is 36.2 Å². The summed E-state index contributed by atoms with van der Waals surface area (Å²) in [6, 6.07) is 6.08. The lowest BCUT2D eigenvalue weighted by Gasteiger charge is -2.15. The summed E-state index contributed by atoms with van der Waals surface area (Å²) >= 11 is 0. The van der Waals surface area contributed by atoms with E-state index in [1.54, 1.807) is 12.1 Å². The van der Waals surface area contributed by atoms with Crippen LogP contribution in [-0.2, 0) is 6.42 Å². The zero-order valence-corrected chi connectivity index (χ0v) is 10.8. The fourth-order valence-corrected chi connectivity index (χ4v) is 1.79. The van der Waals surface area contributed by atoms with Gasteiger partial charge in [-0.25, -0.2) is 8.78 Å². The summed E-state index contributed by atoms with van der Waals surface area (Å²) in [5.41, 5.74) is 3.24. The zero-order valence-electron chi connectivity index (χ0n) is 10.8. The van der Waals surface area contributed by atoms with E-state index in [-0.39, 0.29) is 12.0 Å². The quantitative estimate of drug-likeness (QED) is 0.641. The smallest absolute Gasteiger partial charge is 0.233 e. The molecule has 0 spiro atoms. The van der Waals surface area contributed by atoms with Crippen LogP contribution >= 0.6 is 0 Å². The van der Waals surface area contributed by atoms with Crippen molar-refractivity contribution in [3.63, 3.8) is 0 Å². The Morgan fingerprint density at radius 2 is 2.05 bits per heavy atom. The van der Waals surface area contributed by atoms with Crippen molar-refractivity contribution in [1.82, 2.24) is 15.6 Å². The summed E-state index contributed by atoms with van der Waals surface area (Å²) in [5, 5.41) is 7.75. The van der Waals surface area contributed by atoms with E-state index in [1.807, 2.05) is 0 Å². The summed E-state index contributed by atoms with van der Waals surface area (Å²) in [7, 11) is 1.48. The van der Waals surface area contributed by atoms with Crippen molar-refractivity contribution in [2.75, 3.05) is 7.11 Å². The molecule has 0 fully saturated rings. The lowest BCUT2D eigenvalue weighted by molar-refractivity contribution is 0.389. The molecule has 5 nitrogen and oxygen atoms in total. The second-order valence-corrected chi connectivity index (χ2v) is 4.16. The van der Waals surface area contributed by atoms with Crippen LogP contribution < -0.4 is 16.0 Å². The highest BCUT2D eigenvalue weighted by molar-refractivity contribution is 5.22. The second-order valence-electron chi connectivity index (χ2n) is 4.16. The molecule has 1 aromatic carbocycles. The molecule has 0 saturated carbocycles. The Bertz CT molecular complexity index is 577. The molecule has 106 valence electrons. The molecule has 1 aromatic heterocycles. The van der Waals surface area contributed by atoms with Crippen molar-refractivity contribution in [3.05, 3.63) is 53.2 Å². The summed E-state index contributed by atoms with van der Waals surface area (Å²) in [5.74, 6) is 4.81. The number of ether oxygens (including phenoxy) is 1. The predicted octanol–water partition coefficient (Wildman–Crippen LogP) is 1.51. The number of benzene rings is 1. The molecule has 1 heterocycles. The van der Waals surface area contributed by atoms with Crippen LogP contribution in [0.2, 0.25) is 0 Å². The highest BCUT2D eigenvalue weighted by Crippen LogP contribution is 2.19. The Kier molecular flexibility index (Phi) is 4.54. The fraction of sp³-hybridized carbons (Fsp3) is 0.231. The van der Waals surface area contributed by atoms with Gasteiger partial charge in [0.2, 0.25) is 5.88 Å². The summed E-state index contributed by atoms with van der Waals surface area (Å²) in [6.45, 7) is 0. The second kappa shape index (κ2) is 6.36. The predicted molar refractivity (Wildman–Crippen MR) is 68.7 cm³/mol. The molecule has 3 N–H and O–H groups in total. The van der Waals surface area contributed by atoms with Gasteiger partial charge >= 0.3 is 0 Å². The minimum absolute atomic E-state index is 0.154. The molecule has 0 saturated heterocycles. The molecule has 1 atom stereocenters. The molecule has 0 radical (unpaired) electrons. The Morgan fingerprint density at radius 1 is 1.25 bits per heavy atom. The van der Waals surface area contributed by atoms with Gasteiger partial charge in [-0.15, -0.1) is 5.10 Å². The van der Waals surface area contributed by atoms with Crippen molar-refractivity contribution >= 4 is 0 Å². The van der Waals surface area contributed by atoms with Crippen molar-refractivity contribution < 1.29 is 13.5 Å². The molecular weight excluding hydrogens is 266 g/mol. The van der Waals surface area contributed by atoms with Gasteiger partial charge in [-0.3, -0.25) is 11.3 Å². The first kappa shape index (κ1) is 14.3. The van der Waals surface area contributed by atoms with E-state index in [0.29, 0.717) is 11.6 Å². The van der Waals surface area contributed by atoms with E-state index in [4.69, 9.17) is 10.6 Å². The van der Waals surface area contributed by atoms with Crippen molar-refractivity contribution in [1.29, 1.82) is 0 Å². The average Bonchev–Trinajstić information content (AvgIpc) is 2.48. The van der Waals surface area contributed by atoms with E-state index >= 15 is 0 Å². The van der Waals surface area contributed by atoms with Gasteiger partial charge in [0.25, 0.3) is 0 Å². The average molecular weight is 280 g/mol. The van der Waals surface area contributed by atoms with Crippen molar-refractivity contribution in [2.45, 2.75) is 12.5 Å². The first-order valence-corrected chi connectivity index (χ1v) is 5.91. The standard InChI is InChI=1S/C13H14F2N4O/c1-20-13-5-4-11(18-19-13)12(17-16)7-8-6-9(14)2-3-10(8)15/h2-6,12,17H,7,16H2,1H3. The number of aromatic nitrogens is 2. The maximum Gasteiger partial charge on any atom is 0.233 e. The number of nitrogens with two attached hydrogens (primary N) is 1. The van der Waals surface area contributed by atoms with Gasteiger partial charge in [0.1, 0.15) is 11.6 Å². The monoisotopic (exact) mass is 280 g/mol. The number of hydrazine groups is 1. The number of hydrogen-bond acceptors (Lipinski definition) is 5. The van der Waals surface area contributed by atoms with Crippen molar-refractivity contribution in [2.24, 2.45) is 5.84 Å². The van der Waals surface area contributed by atoms with E-state index in [1.165, 1.54) is 7.11 Å². The minimum atomic E-state index is -0.502. The van der Waals surface area contributed by atoms with Crippen LogP contribution in [0.15, 0.2) is 30.3 Å². The first-order chi connectivity index (χ1) is 9.63. The van der Waals surface area contributed by atoms with Crippen LogP contribution in [0, 0.1) is 11.6 Å². The molecule has 0 aliphatic heterocycles. The van der Waals surface area contributed by atoms with E-state index in [0.717, 1.165) is 18.2 Å². The molecule has 7 heteroatoms. The first-order valence-electron chi connectivity index (χ1n) is 5.91. The highest BCUT2D eigenvalue weighted by atomic mass is 19.1. The highest BCUT2D eigenvalue weighted by Gasteiger charge is 2.16. The van der Waals surface area contributed by atoms with E-state index in [9.17, 15) is 8.78 Å². The van der Waals surface area contributed by atoms with Crippen LogP contribution in [0.4, 0.5) is 8.78 Å². The zero-order chi connectivity index (χ0) is 14.5.